The Balaban J connectivity index is 1.60. The van der Waals surface area contributed by atoms with Crippen molar-refractivity contribution in [1.29, 1.82) is 0 Å². The number of carbonyl (C=O) groups is 1. The van der Waals surface area contributed by atoms with Crippen molar-refractivity contribution < 1.29 is 33.1 Å². The molecule has 0 atom stereocenters. The lowest BCUT2D eigenvalue weighted by Gasteiger charge is -2.20. The number of hydrogen-bond acceptors (Lipinski definition) is 8. The highest BCUT2D eigenvalue weighted by Gasteiger charge is 2.24. The first-order chi connectivity index (χ1) is 14.0. The maximum Gasteiger partial charge on any atom is 0.374 e. The largest absolute Gasteiger partial charge is 0.497 e. The molecule has 0 bridgehead atoms. The summed E-state index contributed by atoms with van der Waals surface area (Å²) in [7, 11) is 1.55. The Hall–Kier alpha value is -3.59. The maximum atomic E-state index is 12.6. The molecule has 2 heterocycles. The lowest BCUT2D eigenvalue weighted by atomic mass is 10.1. The van der Waals surface area contributed by atoms with Gasteiger partial charge in [0.15, 0.2) is 6.79 Å². The first-order valence-corrected chi connectivity index (χ1v) is 8.73. The van der Waals surface area contributed by atoms with Gasteiger partial charge in [0.2, 0.25) is 5.76 Å². The summed E-state index contributed by atoms with van der Waals surface area (Å²) in [4.78, 5) is 23.3. The molecule has 1 aromatic heterocycles. The molecule has 0 spiro atoms. The zero-order valence-corrected chi connectivity index (χ0v) is 15.7. The van der Waals surface area contributed by atoms with Gasteiger partial charge in [-0.15, -0.1) is 0 Å². The van der Waals surface area contributed by atoms with Crippen molar-refractivity contribution in [2.75, 3.05) is 13.9 Å². The van der Waals surface area contributed by atoms with E-state index in [0.717, 1.165) is 5.39 Å². The van der Waals surface area contributed by atoms with E-state index in [-0.39, 0.29) is 31.5 Å². The second kappa shape index (κ2) is 7.44. The van der Waals surface area contributed by atoms with Gasteiger partial charge in [0.25, 0.3) is 5.69 Å². The third-order valence-corrected chi connectivity index (χ3v) is 4.67. The fourth-order valence-electron chi connectivity index (χ4n) is 3.22. The average Bonchev–Trinajstić information content (AvgIpc) is 3.07. The molecule has 0 fully saturated rings. The molecule has 150 valence electrons. The van der Waals surface area contributed by atoms with Gasteiger partial charge in [-0.2, -0.15) is 0 Å². The number of carbonyl (C=O) groups excluding carboxylic acids is 1. The predicted octanol–water partition coefficient (Wildman–Crippen LogP) is 3.88. The van der Waals surface area contributed by atoms with Gasteiger partial charge in [-0.3, -0.25) is 10.1 Å². The van der Waals surface area contributed by atoms with E-state index in [1.165, 1.54) is 12.1 Å². The van der Waals surface area contributed by atoms with E-state index in [1.54, 1.807) is 32.2 Å². The second-order valence-electron chi connectivity index (χ2n) is 6.46. The van der Waals surface area contributed by atoms with Gasteiger partial charge in [-0.05, 0) is 25.1 Å². The molecule has 0 unspecified atom stereocenters. The van der Waals surface area contributed by atoms with Crippen LogP contribution in [0.5, 0.6) is 11.5 Å². The van der Waals surface area contributed by atoms with Crippen LogP contribution in [-0.4, -0.2) is 24.8 Å². The summed E-state index contributed by atoms with van der Waals surface area (Å²) in [6.45, 7) is 1.75. The van der Waals surface area contributed by atoms with Gasteiger partial charge in [0, 0.05) is 34.2 Å². The molecule has 2 aromatic carbocycles. The first-order valence-electron chi connectivity index (χ1n) is 8.73. The lowest BCUT2D eigenvalue weighted by molar-refractivity contribution is -0.385. The van der Waals surface area contributed by atoms with Gasteiger partial charge >= 0.3 is 5.97 Å². The van der Waals surface area contributed by atoms with Crippen LogP contribution < -0.4 is 9.47 Å². The molecule has 0 saturated heterocycles. The fraction of sp³-hybridized carbons (Fsp3) is 0.250. The van der Waals surface area contributed by atoms with Crippen molar-refractivity contribution in [2.45, 2.75) is 20.1 Å². The van der Waals surface area contributed by atoms with Crippen molar-refractivity contribution in [3.8, 4) is 11.5 Å². The molecule has 4 rings (SSSR count). The monoisotopic (exact) mass is 399 g/mol. The molecule has 29 heavy (non-hydrogen) atoms. The van der Waals surface area contributed by atoms with Gasteiger partial charge < -0.3 is 23.4 Å². The van der Waals surface area contributed by atoms with E-state index in [9.17, 15) is 14.9 Å². The zero-order chi connectivity index (χ0) is 20.5. The molecule has 0 N–H and O–H groups in total. The van der Waals surface area contributed by atoms with Crippen molar-refractivity contribution in [1.82, 2.24) is 0 Å². The van der Waals surface area contributed by atoms with Crippen molar-refractivity contribution in [3.05, 3.63) is 62.9 Å². The van der Waals surface area contributed by atoms with Crippen LogP contribution in [0.1, 0.15) is 27.2 Å². The zero-order valence-electron chi connectivity index (χ0n) is 15.7. The number of aryl methyl sites for hydroxylation is 1. The molecule has 0 radical (unpaired) electrons. The highest BCUT2D eigenvalue weighted by molar-refractivity contribution is 5.96. The number of nitro benzene ring substituents is 1. The number of fused-ring (bicyclic) bond motifs is 2. The van der Waals surface area contributed by atoms with Crippen LogP contribution in [0.25, 0.3) is 11.0 Å². The van der Waals surface area contributed by atoms with Crippen molar-refractivity contribution in [2.24, 2.45) is 0 Å². The Morgan fingerprint density at radius 1 is 1.28 bits per heavy atom. The summed E-state index contributed by atoms with van der Waals surface area (Å²) in [5.41, 5.74) is 1.94. The lowest BCUT2D eigenvalue weighted by Crippen LogP contribution is -2.15. The van der Waals surface area contributed by atoms with Crippen molar-refractivity contribution in [3.63, 3.8) is 0 Å². The molecule has 1 aliphatic heterocycles. The van der Waals surface area contributed by atoms with E-state index >= 15 is 0 Å². The summed E-state index contributed by atoms with van der Waals surface area (Å²) in [5, 5.41) is 11.9. The van der Waals surface area contributed by atoms with Crippen LogP contribution in [0, 0.1) is 17.0 Å². The Morgan fingerprint density at radius 3 is 2.86 bits per heavy atom. The van der Waals surface area contributed by atoms with Crippen LogP contribution in [0.3, 0.4) is 0 Å². The Kier molecular flexibility index (Phi) is 4.81. The summed E-state index contributed by atoms with van der Waals surface area (Å²) < 4.78 is 26.8. The number of rotatable bonds is 5. The first kappa shape index (κ1) is 18.8. The van der Waals surface area contributed by atoms with E-state index < -0.39 is 10.9 Å². The molecule has 0 saturated carbocycles. The SMILES string of the molecule is COc1ccc2oc(C(=O)OCc3cc([N+](=O)[O-])cc4c3OCOC4)c(C)c2c1. The Morgan fingerprint density at radius 2 is 2.10 bits per heavy atom. The minimum absolute atomic E-state index is 0.0241. The number of hydrogen-bond donors (Lipinski definition) is 0. The molecule has 1 aliphatic rings. The number of nitro groups is 1. The minimum Gasteiger partial charge on any atom is -0.497 e. The molecule has 3 aromatic rings. The number of non-ortho nitro benzene ring substituents is 1. The third kappa shape index (κ3) is 3.47. The predicted molar refractivity (Wildman–Crippen MR) is 100 cm³/mol. The van der Waals surface area contributed by atoms with Gasteiger partial charge in [-0.25, -0.2) is 4.79 Å². The minimum atomic E-state index is -0.676. The Labute approximate surface area is 164 Å². The van der Waals surface area contributed by atoms with E-state index in [2.05, 4.69) is 0 Å². The van der Waals surface area contributed by atoms with Crippen LogP contribution in [0.15, 0.2) is 34.7 Å². The van der Waals surface area contributed by atoms with Gasteiger partial charge in [-0.1, -0.05) is 0 Å². The number of furan rings is 1. The average molecular weight is 399 g/mol. The summed E-state index contributed by atoms with van der Waals surface area (Å²) in [5.74, 6) is 0.464. The van der Waals surface area contributed by atoms with E-state index in [0.29, 0.717) is 33.8 Å². The molecule has 0 amide bonds. The molecule has 9 nitrogen and oxygen atoms in total. The number of benzene rings is 2. The second-order valence-corrected chi connectivity index (χ2v) is 6.46. The maximum absolute atomic E-state index is 12.6. The molecule has 0 aliphatic carbocycles. The highest BCUT2D eigenvalue weighted by atomic mass is 16.7. The molecular formula is C20H17NO8. The van der Waals surface area contributed by atoms with Crippen LogP contribution in [-0.2, 0) is 22.7 Å². The number of esters is 1. The summed E-state index contributed by atoms with van der Waals surface area (Å²) >= 11 is 0. The van der Waals surface area contributed by atoms with Crippen LogP contribution in [0.2, 0.25) is 0 Å². The highest BCUT2D eigenvalue weighted by Crippen LogP contribution is 2.34. The van der Waals surface area contributed by atoms with E-state index in [1.807, 2.05) is 0 Å². The van der Waals surface area contributed by atoms with Gasteiger partial charge in [0.05, 0.1) is 18.6 Å². The smallest absolute Gasteiger partial charge is 0.374 e. The van der Waals surface area contributed by atoms with Crippen LogP contribution >= 0.6 is 0 Å². The normalized spacial score (nSPS) is 12.9. The molecular weight excluding hydrogens is 382 g/mol. The van der Waals surface area contributed by atoms with Crippen molar-refractivity contribution >= 4 is 22.6 Å². The third-order valence-electron chi connectivity index (χ3n) is 4.67. The fourth-order valence-corrected chi connectivity index (χ4v) is 3.22. The number of nitrogens with zero attached hydrogens (tertiary/aromatic N) is 1. The number of ether oxygens (including phenoxy) is 4. The summed E-state index contributed by atoms with van der Waals surface area (Å²) in [6.07, 6.45) is 0. The topological polar surface area (TPSA) is 110 Å². The van der Waals surface area contributed by atoms with Crippen LogP contribution in [0.4, 0.5) is 5.69 Å². The van der Waals surface area contributed by atoms with E-state index in [4.69, 9.17) is 23.4 Å². The quantitative estimate of drug-likeness (QED) is 0.361. The standard InChI is InChI=1S/C20H17NO8/c1-11-16-7-15(25-2)3-4-17(16)29-18(11)20(22)27-9-13-6-14(21(23)24)5-12-8-26-10-28-19(12)13/h3-7H,8-10H2,1-2H3. The summed E-state index contributed by atoms with van der Waals surface area (Å²) in [6, 6.07) is 7.93. The molecule has 9 heteroatoms. The number of methoxy groups -OCH3 is 1. The Bertz CT molecular complexity index is 1120. The van der Waals surface area contributed by atoms with Gasteiger partial charge in [0.1, 0.15) is 23.7 Å².